The van der Waals surface area contributed by atoms with Crippen LogP contribution in [0, 0.1) is 0 Å². The highest BCUT2D eigenvalue weighted by molar-refractivity contribution is 5.92. The van der Waals surface area contributed by atoms with Gasteiger partial charge in [-0.1, -0.05) is 12.1 Å². The Hall–Kier alpha value is -2.05. The molecule has 1 aromatic carbocycles. The van der Waals surface area contributed by atoms with Gasteiger partial charge >= 0.3 is 18.1 Å². The number of rotatable bonds is 4. The van der Waals surface area contributed by atoms with Gasteiger partial charge in [-0.25, -0.2) is 4.79 Å². The van der Waals surface area contributed by atoms with Gasteiger partial charge in [0.05, 0.1) is 25.5 Å². The molecule has 0 atom stereocenters. The van der Waals surface area contributed by atoms with Gasteiger partial charge in [-0.3, -0.25) is 4.79 Å². The lowest BCUT2D eigenvalue weighted by Crippen LogP contribution is -2.25. The Morgan fingerprint density at radius 1 is 1.13 bits per heavy atom. The molecule has 0 radical (unpaired) electrons. The van der Waals surface area contributed by atoms with E-state index in [0.29, 0.717) is 0 Å². The summed E-state index contributed by atoms with van der Waals surface area (Å²) in [6, 6.07) is 3.65. The van der Waals surface area contributed by atoms with Gasteiger partial charge in [-0.2, -0.15) is 13.2 Å². The molecular formula is C16H19F3O4. The molecule has 23 heavy (non-hydrogen) atoms. The van der Waals surface area contributed by atoms with Crippen LogP contribution in [0.4, 0.5) is 13.2 Å². The molecule has 1 rings (SSSR count). The molecule has 0 aromatic heterocycles. The number of carbonyl (C=O) groups excluding carboxylic acids is 2. The van der Waals surface area contributed by atoms with Crippen molar-refractivity contribution in [2.75, 3.05) is 7.11 Å². The van der Waals surface area contributed by atoms with E-state index in [-0.39, 0.29) is 23.1 Å². The van der Waals surface area contributed by atoms with Crippen molar-refractivity contribution in [1.29, 1.82) is 0 Å². The highest BCUT2D eigenvalue weighted by Crippen LogP contribution is 2.24. The van der Waals surface area contributed by atoms with Crippen molar-refractivity contribution >= 4 is 11.9 Å². The number of carbonyl (C=O) groups is 2. The van der Waals surface area contributed by atoms with Gasteiger partial charge in [0.1, 0.15) is 5.60 Å². The molecule has 4 nitrogen and oxygen atoms in total. The first-order valence-corrected chi connectivity index (χ1v) is 6.90. The molecule has 0 saturated heterocycles. The second kappa shape index (κ2) is 7.02. The van der Waals surface area contributed by atoms with E-state index in [1.807, 2.05) is 0 Å². The molecule has 0 spiro atoms. The van der Waals surface area contributed by atoms with Crippen molar-refractivity contribution in [1.82, 2.24) is 0 Å². The molecule has 0 amide bonds. The monoisotopic (exact) mass is 332 g/mol. The summed E-state index contributed by atoms with van der Waals surface area (Å²) in [5, 5.41) is 0. The van der Waals surface area contributed by atoms with Gasteiger partial charge in [0.15, 0.2) is 0 Å². The van der Waals surface area contributed by atoms with Crippen molar-refractivity contribution in [2.24, 2.45) is 0 Å². The summed E-state index contributed by atoms with van der Waals surface area (Å²) in [6.45, 7) is 5.08. The van der Waals surface area contributed by atoms with Crippen molar-refractivity contribution in [3.8, 4) is 0 Å². The van der Waals surface area contributed by atoms with Gasteiger partial charge in [0, 0.05) is 0 Å². The predicted octanol–water partition coefficient (Wildman–Crippen LogP) is 3.46. The molecule has 1 aromatic rings. The first kappa shape index (κ1) is 19.0. The molecule has 0 heterocycles. The van der Waals surface area contributed by atoms with Gasteiger partial charge in [-0.15, -0.1) is 0 Å². The standard InChI is InChI=1S/C16H19F3O4/c1-15(2,3)23-13(20)8-11-6-5-10(9-16(17,18)19)7-12(11)14(21)22-4/h5-7H,8-9H2,1-4H3. The number of halogens is 3. The van der Waals surface area contributed by atoms with Crippen molar-refractivity contribution in [3.05, 3.63) is 34.9 Å². The summed E-state index contributed by atoms with van der Waals surface area (Å²) in [4.78, 5) is 23.6. The average Bonchev–Trinajstić information content (AvgIpc) is 2.35. The molecule has 0 unspecified atom stereocenters. The molecule has 7 heteroatoms. The van der Waals surface area contributed by atoms with Gasteiger partial charge < -0.3 is 9.47 Å². The Balaban J connectivity index is 3.07. The maximum Gasteiger partial charge on any atom is 0.393 e. The molecule has 0 aliphatic rings. The largest absolute Gasteiger partial charge is 0.465 e. The topological polar surface area (TPSA) is 52.6 Å². The second-order valence-electron chi connectivity index (χ2n) is 6.04. The Labute approximate surface area is 132 Å². The van der Waals surface area contributed by atoms with E-state index in [9.17, 15) is 22.8 Å². The lowest BCUT2D eigenvalue weighted by molar-refractivity contribution is -0.153. The number of alkyl halides is 3. The molecule has 0 fully saturated rings. The first-order valence-electron chi connectivity index (χ1n) is 6.90. The van der Waals surface area contributed by atoms with Crippen molar-refractivity contribution in [2.45, 2.75) is 45.4 Å². The zero-order chi connectivity index (χ0) is 17.8. The third kappa shape index (κ3) is 6.71. The highest BCUT2D eigenvalue weighted by atomic mass is 19.4. The van der Waals surface area contributed by atoms with E-state index in [2.05, 4.69) is 4.74 Å². The van der Waals surface area contributed by atoms with E-state index in [4.69, 9.17) is 4.74 Å². The van der Waals surface area contributed by atoms with E-state index in [1.165, 1.54) is 12.1 Å². The zero-order valence-corrected chi connectivity index (χ0v) is 13.4. The molecule has 0 N–H and O–H groups in total. The maximum absolute atomic E-state index is 12.5. The van der Waals surface area contributed by atoms with Crippen LogP contribution < -0.4 is 0 Å². The molecule has 128 valence electrons. The summed E-state index contributed by atoms with van der Waals surface area (Å²) in [7, 11) is 1.12. The Bertz CT molecular complexity index is 586. The fourth-order valence-electron chi connectivity index (χ4n) is 1.95. The molecular weight excluding hydrogens is 313 g/mol. The fraction of sp³-hybridized carbons (Fsp3) is 0.500. The molecule has 0 bridgehead atoms. The predicted molar refractivity (Wildman–Crippen MR) is 77.1 cm³/mol. The third-order valence-electron chi connectivity index (χ3n) is 2.74. The third-order valence-corrected chi connectivity index (χ3v) is 2.74. The lowest BCUT2D eigenvalue weighted by atomic mass is 9.99. The lowest BCUT2D eigenvalue weighted by Gasteiger charge is -2.20. The Kier molecular flexibility index (Phi) is 5.80. The van der Waals surface area contributed by atoms with Gasteiger partial charge in [-0.05, 0) is 38.0 Å². The van der Waals surface area contributed by atoms with Crippen LogP contribution in [0.1, 0.15) is 42.3 Å². The first-order chi connectivity index (χ1) is 10.4. The number of hydrogen-bond donors (Lipinski definition) is 0. The SMILES string of the molecule is COC(=O)c1cc(CC(F)(F)F)ccc1CC(=O)OC(C)(C)C. The molecule has 0 aliphatic carbocycles. The number of methoxy groups -OCH3 is 1. The smallest absolute Gasteiger partial charge is 0.393 e. The number of esters is 2. The van der Waals surface area contributed by atoms with Crippen LogP contribution in [-0.4, -0.2) is 30.8 Å². The van der Waals surface area contributed by atoms with Crippen LogP contribution in [0.15, 0.2) is 18.2 Å². The average molecular weight is 332 g/mol. The summed E-state index contributed by atoms with van der Waals surface area (Å²) < 4.78 is 47.1. The number of ether oxygens (including phenoxy) is 2. The van der Waals surface area contributed by atoms with E-state index >= 15 is 0 Å². The van der Waals surface area contributed by atoms with E-state index in [0.717, 1.165) is 13.2 Å². The fourth-order valence-corrected chi connectivity index (χ4v) is 1.95. The summed E-state index contributed by atoms with van der Waals surface area (Å²) >= 11 is 0. The molecule has 0 aliphatic heterocycles. The number of hydrogen-bond acceptors (Lipinski definition) is 4. The van der Waals surface area contributed by atoms with Crippen LogP contribution in [0.2, 0.25) is 0 Å². The zero-order valence-electron chi connectivity index (χ0n) is 13.4. The van der Waals surface area contributed by atoms with E-state index in [1.54, 1.807) is 20.8 Å². The summed E-state index contributed by atoms with van der Waals surface area (Å²) in [5.74, 6) is -1.38. The van der Waals surface area contributed by atoms with Crippen molar-refractivity contribution in [3.63, 3.8) is 0 Å². The van der Waals surface area contributed by atoms with Crippen LogP contribution in [-0.2, 0) is 27.1 Å². The van der Waals surface area contributed by atoms with Gasteiger partial charge in [0.2, 0.25) is 0 Å². The van der Waals surface area contributed by atoms with Crippen LogP contribution in [0.25, 0.3) is 0 Å². The van der Waals surface area contributed by atoms with Crippen LogP contribution in [0.5, 0.6) is 0 Å². The van der Waals surface area contributed by atoms with Crippen molar-refractivity contribution < 1.29 is 32.2 Å². The minimum Gasteiger partial charge on any atom is -0.465 e. The minimum atomic E-state index is -4.39. The number of benzene rings is 1. The van der Waals surface area contributed by atoms with Crippen LogP contribution in [0.3, 0.4) is 0 Å². The minimum absolute atomic E-state index is 0.0693. The van der Waals surface area contributed by atoms with E-state index < -0.39 is 30.1 Å². The highest BCUT2D eigenvalue weighted by Gasteiger charge is 2.28. The Morgan fingerprint density at radius 2 is 1.74 bits per heavy atom. The second-order valence-corrected chi connectivity index (χ2v) is 6.04. The molecule has 0 saturated carbocycles. The Morgan fingerprint density at radius 3 is 2.22 bits per heavy atom. The van der Waals surface area contributed by atoms with Crippen LogP contribution >= 0.6 is 0 Å². The summed E-state index contributed by atoms with van der Waals surface area (Å²) in [6.07, 6.45) is -5.78. The van der Waals surface area contributed by atoms with Gasteiger partial charge in [0.25, 0.3) is 0 Å². The summed E-state index contributed by atoms with van der Waals surface area (Å²) in [5.41, 5.74) is -0.582. The normalized spacial score (nSPS) is 12.0. The quantitative estimate of drug-likeness (QED) is 0.793. The maximum atomic E-state index is 12.5.